The quantitative estimate of drug-likeness (QED) is 0.752. The normalized spacial score (nSPS) is 12.2. The fourth-order valence-electron chi connectivity index (χ4n) is 2.05. The molecular weight excluding hydrogens is 272 g/mol. The Hall–Kier alpha value is -2.21. The molecule has 2 aromatic rings. The van der Waals surface area contributed by atoms with Crippen molar-refractivity contribution in [3.05, 3.63) is 47.6 Å². The van der Waals surface area contributed by atoms with Gasteiger partial charge < -0.3 is 14.4 Å². The number of carbonyl (C=O) groups is 1. The number of hydrogen-bond acceptors (Lipinski definition) is 5. The first-order valence-corrected chi connectivity index (χ1v) is 6.82. The Labute approximate surface area is 122 Å². The fraction of sp³-hybridized carbons (Fsp3) is 0.400. The van der Waals surface area contributed by atoms with Crippen LogP contribution < -0.4 is 0 Å². The van der Waals surface area contributed by atoms with Crippen LogP contribution in [0, 0.1) is 0 Å². The highest BCUT2D eigenvalue weighted by Crippen LogP contribution is 2.22. The van der Waals surface area contributed by atoms with Gasteiger partial charge in [0.05, 0.1) is 0 Å². The summed E-state index contributed by atoms with van der Waals surface area (Å²) in [6, 6.07) is 9.66. The Balaban J connectivity index is 1.96. The number of rotatable bonds is 8. The second kappa shape index (κ2) is 7.54. The summed E-state index contributed by atoms with van der Waals surface area (Å²) >= 11 is 0. The first-order chi connectivity index (χ1) is 10.2. The van der Waals surface area contributed by atoms with Crippen molar-refractivity contribution >= 4 is 5.97 Å². The number of hydrogen-bond donors (Lipinski definition) is 1. The number of benzene rings is 1. The molecule has 0 saturated heterocycles. The van der Waals surface area contributed by atoms with Crippen molar-refractivity contribution < 1.29 is 19.2 Å². The Morgan fingerprint density at radius 3 is 2.76 bits per heavy atom. The predicted octanol–water partition coefficient (Wildman–Crippen LogP) is 2.60. The minimum absolute atomic E-state index is 0.158. The molecule has 0 fully saturated rings. The molecule has 6 heteroatoms. The molecule has 21 heavy (non-hydrogen) atoms. The van der Waals surface area contributed by atoms with E-state index in [1.165, 1.54) is 0 Å². The maximum absolute atomic E-state index is 10.4. The molecule has 0 aliphatic carbocycles. The molecule has 1 unspecified atom stereocenters. The van der Waals surface area contributed by atoms with Gasteiger partial charge in [-0.2, -0.15) is 4.98 Å². The van der Waals surface area contributed by atoms with Crippen LogP contribution in [0.15, 0.2) is 34.9 Å². The van der Waals surface area contributed by atoms with Gasteiger partial charge in [-0.05, 0) is 18.4 Å². The van der Waals surface area contributed by atoms with E-state index in [-0.39, 0.29) is 12.5 Å². The molecular formula is C15H18N2O4. The molecule has 0 saturated carbocycles. The zero-order chi connectivity index (χ0) is 15.1. The van der Waals surface area contributed by atoms with Gasteiger partial charge in [-0.15, -0.1) is 0 Å². The number of aryl methyl sites for hydroxylation is 1. The highest BCUT2D eigenvalue weighted by Gasteiger charge is 2.19. The minimum atomic E-state index is -0.787. The van der Waals surface area contributed by atoms with Gasteiger partial charge in [-0.3, -0.25) is 4.79 Å². The first kappa shape index (κ1) is 15.2. The second-order valence-electron chi connectivity index (χ2n) is 4.67. The lowest BCUT2D eigenvalue weighted by Gasteiger charge is -2.10. The summed E-state index contributed by atoms with van der Waals surface area (Å²) in [6.45, 7) is 0. The molecule has 1 aromatic carbocycles. The van der Waals surface area contributed by atoms with Crippen molar-refractivity contribution in [3.8, 4) is 0 Å². The fourth-order valence-corrected chi connectivity index (χ4v) is 2.05. The number of carboxylic acids is 1. The molecule has 2 rings (SSSR count). The summed E-state index contributed by atoms with van der Waals surface area (Å²) in [5.41, 5.74) is 0.957. The smallest absolute Gasteiger partial charge is 0.303 e. The third kappa shape index (κ3) is 4.39. The zero-order valence-corrected chi connectivity index (χ0v) is 11.9. The molecule has 1 aromatic heterocycles. The molecule has 112 valence electrons. The Morgan fingerprint density at radius 1 is 1.33 bits per heavy atom. The molecule has 1 atom stereocenters. The van der Waals surface area contributed by atoms with Crippen molar-refractivity contribution in [1.29, 1.82) is 0 Å². The maximum atomic E-state index is 10.4. The van der Waals surface area contributed by atoms with Gasteiger partial charge in [-0.1, -0.05) is 35.5 Å². The number of aromatic nitrogens is 2. The van der Waals surface area contributed by atoms with Gasteiger partial charge >= 0.3 is 5.97 Å². The van der Waals surface area contributed by atoms with Gasteiger partial charge in [-0.25, -0.2) is 0 Å². The lowest BCUT2D eigenvalue weighted by Crippen LogP contribution is -2.05. The summed E-state index contributed by atoms with van der Waals surface area (Å²) in [6.07, 6.45) is 1.68. The van der Waals surface area contributed by atoms with Crippen molar-refractivity contribution in [2.75, 3.05) is 7.11 Å². The van der Waals surface area contributed by atoms with E-state index >= 15 is 0 Å². The minimum Gasteiger partial charge on any atom is -0.481 e. The second-order valence-corrected chi connectivity index (χ2v) is 4.67. The summed E-state index contributed by atoms with van der Waals surface area (Å²) in [5.74, 6) is 0.204. The van der Waals surface area contributed by atoms with E-state index in [0.717, 1.165) is 5.56 Å². The van der Waals surface area contributed by atoms with Crippen LogP contribution in [0.2, 0.25) is 0 Å². The van der Waals surface area contributed by atoms with E-state index in [2.05, 4.69) is 10.1 Å². The molecule has 0 aliphatic rings. The van der Waals surface area contributed by atoms with Gasteiger partial charge in [0, 0.05) is 20.0 Å². The summed E-state index contributed by atoms with van der Waals surface area (Å²) in [7, 11) is 1.60. The Kier molecular flexibility index (Phi) is 5.45. The molecule has 0 radical (unpaired) electrons. The summed E-state index contributed by atoms with van der Waals surface area (Å²) < 4.78 is 10.6. The standard InChI is InChI=1S/C15H18N2O4/c1-20-14(11-7-3-2-4-8-11)15-16-12(21-17-15)9-5-6-10-13(18)19/h2-4,7-8,14H,5-6,9-10H2,1H3,(H,18,19). The van der Waals surface area contributed by atoms with Crippen LogP contribution in [0.3, 0.4) is 0 Å². The lowest BCUT2D eigenvalue weighted by molar-refractivity contribution is -0.137. The molecule has 0 bridgehead atoms. The predicted molar refractivity (Wildman–Crippen MR) is 74.8 cm³/mol. The number of ether oxygens (including phenoxy) is 1. The van der Waals surface area contributed by atoms with Crippen molar-refractivity contribution in [3.63, 3.8) is 0 Å². The van der Waals surface area contributed by atoms with Crippen LogP contribution in [0.4, 0.5) is 0 Å². The molecule has 0 spiro atoms. The van der Waals surface area contributed by atoms with Crippen LogP contribution >= 0.6 is 0 Å². The number of carboxylic acid groups (broad SMARTS) is 1. The third-order valence-corrected chi connectivity index (χ3v) is 3.09. The van der Waals surface area contributed by atoms with Crippen molar-refractivity contribution in [2.45, 2.75) is 31.8 Å². The van der Waals surface area contributed by atoms with Crippen LogP contribution in [0.5, 0.6) is 0 Å². The Bertz CT molecular complexity index is 568. The molecule has 0 amide bonds. The number of methoxy groups -OCH3 is 1. The van der Waals surface area contributed by atoms with E-state index in [4.69, 9.17) is 14.4 Å². The third-order valence-electron chi connectivity index (χ3n) is 3.09. The van der Waals surface area contributed by atoms with Crippen LogP contribution in [0.1, 0.15) is 42.6 Å². The Morgan fingerprint density at radius 2 is 2.10 bits per heavy atom. The van der Waals surface area contributed by atoms with Gasteiger partial charge in [0.15, 0.2) is 0 Å². The maximum Gasteiger partial charge on any atom is 0.303 e. The van der Waals surface area contributed by atoms with Gasteiger partial charge in [0.25, 0.3) is 0 Å². The molecule has 0 aliphatic heterocycles. The molecule has 6 nitrogen and oxygen atoms in total. The highest BCUT2D eigenvalue weighted by molar-refractivity contribution is 5.66. The average Bonchev–Trinajstić information content (AvgIpc) is 2.94. The zero-order valence-electron chi connectivity index (χ0n) is 11.9. The van der Waals surface area contributed by atoms with E-state index in [1.807, 2.05) is 30.3 Å². The lowest BCUT2D eigenvalue weighted by atomic mass is 10.1. The van der Waals surface area contributed by atoms with E-state index in [9.17, 15) is 4.79 Å². The van der Waals surface area contributed by atoms with E-state index in [0.29, 0.717) is 31.0 Å². The van der Waals surface area contributed by atoms with Gasteiger partial charge in [0.2, 0.25) is 11.7 Å². The monoisotopic (exact) mass is 290 g/mol. The largest absolute Gasteiger partial charge is 0.481 e. The number of aliphatic carboxylic acids is 1. The van der Waals surface area contributed by atoms with Crippen LogP contribution in [0.25, 0.3) is 0 Å². The molecule has 1 N–H and O–H groups in total. The van der Waals surface area contributed by atoms with E-state index < -0.39 is 5.97 Å². The topological polar surface area (TPSA) is 85.5 Å². The average molecular weight is 290 g/mol. The first-order valence-electron chi connectivity index (χ1n) is 6.82. The summed E-state index contributed by atoms with van der Waals surface area (Å²) in [4.78, 5) is 14.8. The van der Waals surface area contributed by atoms with E-state index in [1.54, 1.807) is 7.11 Å². The number of unbranched alkanes of at least 4 members (excludes halogenated alkanes) is 1. The molecule has 1 heterocycles. The van der Waals surface area contributed by atoms with Gasteiger partial charge in [0.1, 0.15) is 6.10 Å². The van der Waals surface area contributed by atoms with Crippen molar-refractivity contribution in [1.82, 2.24) is 10.1 Å². The van der Waals surface area contributed by atoms with Crippen LogP contribution in [-0.2, 0) is 16.0 Å². The van der Waals surface area contributed by atoms with Crippen LogP contribution in [-0.4, -0.2) is 28.3 Å². The number of nitrogens with zero attached hydrogens (tertiary/aromatic N) is 2. The summed E-state index contributed by atoms with van der Waals surface area (Å²) in [5, 5.41) is 12.5. The highest BCUT2D eigenvalue weighted by atomic mass is 16.5. The van der Waals surface area contributed by atoms with Crippen molar-refractivity contribution in [2.24, 2.45) is 0 Å². The SMILES string of the molecule is COC(c1ccccc1)c1noc(CCCCC(=O)O)n1.